The van der Waals surface area contributed by atoms with Gasteiger partial charge in [-0.05, 0) is 46.5 Å². The molecule has 1 unspecified atom stereocenters. The largest absolute Gasteiger partial charge is 0.320 e. The lowest BCUT2D eigenvalue weighted by Gasteiger charge is -2.14. The maximum Gasteiger partial charge on any atom is 0.0809 e. The van der Waals surface area contributed by atoms with E-state index in [1.165, 1.54) is 10.3 Å². The van der Waals surface area contributed by atoms with Gasteiger partial charge in [0.05, 0.1) is 16.3 Å². The smallest absolute Gasteiger partial charge is 0.0809 e. The number of fused-ring (bicyclic) bond motifs is 1. The van der Waals surface area contributed by atoms with Crippen LogP contribution in [0.1, 0.15) is 36.6 Å². The summed E-state index contributed by atoms with van der Waals surface area (Å²) in [6.45, 7) is 4.47. The van der Waals surface area contributed by atoms with Crippen LogP contribution in [-0.2, 0) is 6.42 Å². The Labute approximate surface area is 129 Å². The molecule has 0 aliphatic heterocycles. The molecule has 0 aliphatic carbocycles. The Morgan fingerprint density at radius 2 is 2.00 bits per heavy atom. The van der Waals surface area contributed by atoms with Gasteiger partial charge in [-0.25, -0.2) is 0 Å². The number of pyridine rings is 1. The lowest BCUT2D eigenvalue weighted by atomic mass is 9.96. The molecule has 2 aromatic heterocycles. The predicted octanol–water partition coefficient (Wildman–Crippen LogP) is 4.54. The van der Waals surface area contributed by atoms with Crippen molar-refractivity contribution in [1.82, 2.24) is 4.98 Å². The summed E-state index contributed by atoms with van der Waals surface area (Å²) in [5.41, 5.74) is 11.1. The van der Waals surface area contributed by atoms with E-state index in [4.69, 9.17) is 5.73 Å². The van der Waals surface area contributed by atoms with Crippen LogP contribution in [0.5, 0.6) is 0 Å². The quantitative estimate of drug-likeness (QED) is 0.767. The van der Waals surface area contributed by atoms with Crippen molar-refractivity contribution >= 4 is 21.6 Å². The molecule has 21 heavy (non-hydrogen) atoms. The monoisotopic (exact) mass is 296 g/mol. The van der Waals surface area contributed by atoms with E-state index in [1.807, 2.05) is 12.3 Å². The predicted molar refractivity (Wildman–Crippen MR) is 90.6 cm³/mol. The van der Waals surface area contributed by atoms with Crippen molar-refractivity contribution in [2.24, 2.45) is 11.7 Å². The van der Waals surface area contributed by atoms with Gasteiger partial charge in [-0.2, -0.15) is 0 Å². The first kappa shape index (κ1) is 14.2. The standard InChI is InChI=1S/C18H20N2S/c1-12(2)8-13-4-3-5-14(9-13)18(19)15-10-17-16(20-11-15)6-7-21-17/h3-7,9-12,18H,8,19H2,1-2H3. The average Bonchev–Trinajstić information content (AvgIpc) is 2.93. The second kappa shape index (κ2) is 5.96. The molecule has 0 aliphatic rings. The molecule has 1 atom stereocenters. The summed E-state index contributed by atoms with van der Waals surface area (Å²) >= 11 is 1.71. The van der Waals surface area contributed by atoms with Crippen LogP contribution >= 0.6 is 11.3 Å². The molecule has 108 valence electrons. The van der Waals surface area contributed by atoms with Gasteiger partial charge in [-0.3, -0.25) is 4.98 Å². The molecule has 0 spiro atoms. The molecule has 2 heterocycles. The lowest BCUT2D eigenvalue weighted by molar-refractivity contribution is 0.646. The highest BCUT2D eigenvalue weighted by Gasteiger charge is 2.11. The van der Waals surface area contributed by atoms with Gasteiger partial charge in [-0.15, -0.1) is 11.3 Å². The molecule has 0 bridgehead atoms. The van der Waals surface area contributed by atoms with E-state index < -0.39 is 0 Å². The number of rotatable bonds is 4. The fraction of sp³-hybridized carbons (Fsp3) is 0.278. The van der Waals surface area contributed by atoms with Gasteiger partial charge in [0.25, 0.3) is 0 Å². The molecule has 2 nitrogen and oxygen atoms in total. The summed E-state index contributed by atoms with van der Waals surface area (Å²) in [4.78, 5) is 4.49. The van der Waals surface area contributed by atoms with Gasteiger partial charge in [0, 0.05) is 6.20 Å². The van der Waals surface area contributed by atoms with Gasteiger partial charge in [0.1, 0.15) is 0 Å². The summed E-state index contributed by atoms with van der Waals surface area (Å²) in [7, 11) is 0. The van der Waals surface area contributed by atoms with E-state index in [1.54, 1.807) is 11.3 Å². The molecule has 0 amide bonds. The molecule has 0 radical (unpaired) electrons. The second-order valence-electron chi connectivity index (χ2n) is 5.89. The summed E-state index contributed by atoms with van der Waals surface area (Å²) in [5, 5.41) is 2.07. The zero-order valence-corrected chi connectivity index (χ0v) is 13.2. The molecule has 0 saturated heterocycles. The van der Waals surface area contributed by atoms with Crippen molar-refractivity contribution < 1.29 is 0 Å². The Kier molecular flexibility index (Phi) is 4.04. The number of aromatic nitrogens is 1. The number of hydrogen-bond acceptors (Lipinski definition) is 3. The molecule has 1 aromatic carbocycles. The van der Waals surface area contributed by atoms with E-state index >= 15 is 0 Å². The number of nitrogens with zero attached hydrogens (tertiary/aromatic N) is 1. The van der Waals surface area contributed by atoms with Crippen molar-refractivity contribution in [3.63, 3.8) is 0 Å². The van der Waals surface area contributed by atoms with Crippen LogP contribution in [0.2, 0.25) is 0 Å². The molecule has 3 heteroatoms. The first-order valence-electron chi connectivity index (χ1n) is 7.31. The van der Waals surface area contributed by atoms with E-state index in [9.17, 15) is 0 Å². The van der Waals surface area contributed by atoms with Crippen LogP contribution in [0.3, 0.4) is 0 Å². The zero-order valence-electron chi connectivity index (χ0n) is 12.4. The van der Waals surface area contributed by atoms with Crippen LogP contribution in [0.15, 0.2) is 48.0 Å². The van der Waals surface area contributed by atoms with Crippen molar-refractivity contribution in [3.8, 4) is 0 Å². The van der Waals surface area contributed by atoms with E-state index in [-0.39, 0.29) is 6.04 Å². The highest BCUT2D eigenvalue weighted by molar-refractivity contribution is 7.17. The first-order valence-corrected chi connectivity index (χ1v) is 8.19. The molecule has 3 aromatic rings. The maximum absolute atomic E-state index is 6.44. The molecular weight excluding hydrogens is 276 g/mol. The molecule has 0 saturated carbocycles. The van der Waals surface area contributed by atoms with Gasteiger partial charge >= 0.3 is 0 Å². The Morgan fingerprint density at radius 1 is 1.14 bits per heavy atom. The normalized spacial score (nSPS) is 13.0. The molecular formula is C18H20N2S. The minimum atomic E-state index is -0.115. The van der Waals surface area contributed by atoms with Crippen molar-refractivity contribution in [1.29, 1.82) is 0 Å². The van der Waals surface area contributed by atoms with E-state index in [2.05, 4.69) is 54.5 Å². The summed E-state index contributed by atoms with van der Waals surface area (Å²) in [5.74, 6) is 0.653. The topological polar surface area (TPSA) is 38.9 Å². The number of thiophene rings is 1. The minimum Gasteiger partial charge on any atom is -0.320 e. The van der Waals surface area contributed by atoms with E-state index in [0.717, 1.165) is 23.1 Å². The number of hydrogen-bond donors (Lipinski definition) is 1. The van der Waals surface area contributed by atoms with Crippen LogP contribution in [0.25, 0.3) is 10.2 Å². The van der Waals surface area contributed by atoms with Crippen molar-refractivity contribution in [3.05, 3.63) is 64.7 Å². The van der Waals surface area contributed by atoms with Gasteiger partial charge in [-0.1, -0.05) is 38.1 Å². The third-order valence-corrected chi connectivity index (χ3v) is 4.49. The van der Waals surface area contributed by atoms with Crippen LogP contribution in [-0.4, -0.2) is 4.98 Å². The molecule has 2 N–H and O–H groups in total. The van der Waals surface area contributed by atoms with Gasteiger partial charge in [0.15, 0.2) is 0 Å². The highest BCUT2D eigenvalue weighted by atomic mass is 32.1. The van der Waals surface area contributed by atoms with Crippen LogP contribution in [0.4, 0.5) is 0 Å². The summed E-state index contributed by atoms with van der Waals surface area (Å²) in [6, 6.07) is 12.7. The van der Waals surface area contributed by atoms with E-state index in [0.29, 0.717) is 5.92 Å². The third-order valence-electron chi connectivity index (χ3n) is 3.64. The Balaban J connectivity index is 1.91. The Morgan fingerprint density at radius 3 is 2.81 bits per heavy atom. The highest BCUT2D eigenvalue weighted by Crippen LogP contribution is 2.26. The first-order chi connectivity index (χ1) is 10.1. The second-order valence-corrected chi connectivity index (χ2v) is 6.84. The molecule has 0 fully saturated rings. The average molecular weight is 296 g/mol. The van der Waals surface area contributed by atoms with Crippen molar-refractivity contribution in [2.75, 3.05) is 0 Å². The Bertz CT molecular complexity index is 746. The lowest BCUT2D eigenvalue weighted by Crippen LogP contribution is -2.12. The maximum atomic E-state index is 6.44. The SMILES string of the molecule is CC(C)Cc1cccc(C(N)c2cnc3ccsc3c2)c1. The summed E-state index contributed by atoms with van der Waals surface area (Å²) in [6.07, 6.45) is 2.98. The van der Waals surface area contributed by atoms with Gasteiger partial charge < -0.3 is 5.73 Å². The number of nitrogens with two attached hydrogens (primary N) is 1. The van der Waals surface area contributed by atoms with Gasteiger partial charge in [0.2, 0.25) is 0 Å². The summed E-state index contributed by atoms with van der Waals surface area (Å²) < 4.78 is 1.20. The fourth-order valence-corrected chi connectivity index (χ4v) is 3.40. The zero-order chi connectivity index (χ0) is 14.8. The number of benzene rings is 1. The van der Waals surface area contributed by atoms with Crippen LogP contribution in [0, 0.1) is 5.92 Å². The minimum absolute atomic E-state index is 0.115. The Hall–Kier alpha value is -1.71. The molecule has 3 rings (SSSR count). The fourth-order valence-electron chi connectivity index (χ4n) is 2.61. The third kappa shape index (κ3) is 3.14. The van der Waals surface area contributed by atoms with Crippen LogP contribution < -0.4 is 5.73 Å². The van der Waals surface area contributed by atoms with Crippen molar-refractivity contribution in [2.45, 2.75) is 26.3 Å².